The number of rotatable bonds is 24. The van der Waals surface area contributed by atoms with Crippen LogP contribution >= 0.6 is 0 Å². The van der Waals surface area contributed by atoms with E-state index in [1.807, 2.05) is 58.0 Å². The molecule has 2 aromatic rings. The lowest BCUT2D eigenvalue weighted by Crippen LogP contribution is -2.53. The number of hydrogen-bond donors (Lipinski definition) is 0. The summed E-state index contributed by atoms with van der Waals surface area (Å²) in [6.07, 6.45) is -2.53. The molecule has 0 N–H and O–H groups in total. The van der Waals surface area contributed by atoms with Gasteiger partial charge in [-0.15, -0.1) is 0 Å². The predicted molar refractivity (Wildman–Crippen MR) is 240 cm³/mol. The molecule has 1 heterocycles. The minimum Gasteiger partial charge on any atom is -0.458 e. The fourth-order valence-corrected chi connectivity index (χ4v) is 7.49. The lowest BCUT2D eigenvalue weighted by Gasteiger charge is -2.34. The van der Waals surface area contributed by atoms with Crippen molar-refractivity contribution in [3.05, 3.63) is 71.3 Å². The molecule has 0 aliphatic carbocycles. The van der Waals surface area contributed by atoms with Gasteiger partial charge in [0.2, 0.25) is 6.41 Å². The van der Waals surface area contributed by atoms with Gasteiger partial charge < -0.3 is 38.4 Å². The van der Waals surface area contributed by atoms with Gasteiger partial charge in [0.1, 0.15) is 30.4 Å². The maximum atomic E-state index is 15.5. The molecule has 360 valence electrons. The Morgan fingerprint density at radius 2 is 1.22 bits per heavy atom. The normalized spacial score (nSPS) is 16.0. The first-order valence-corrected chi connectivity index (χ1v) is 22.4. The molecular formula is C49H70FN3O12. The molecule has 0 unspecified atom stereocenters. The monoisotopic (exact) mass is 911 g/mol. The van der Waals surface area contributed by atoms with E-state index < -0.39 is 84.2 Å². The SMILES string of the molecule is CC(C)C[C@@H](C(=O)O[C@H](C)C(=O)N(C)[C@@H](CC(C)(C)F)C(=O)O[C@H](Cc1ccc(C2CCOCC2)cc1)C(=O)N(C)[C@@H](CC(C)C)C(=O)O[C@H](C)C(=O)OCc1ccccc1)N(C)C=O. The number of carbonyl (C=O) groups excluding carboxylic acids is 7. The van der Waals surface area contributed by atoms with E-state index in [-0.39, 0.29) is 43.6 Å². The first kappa shape index (κ1) is 54.0. The highest BCUT2D eigenvalue weighted by Crippen LogP contribution is 2.28. The average molecular weight is 912 g/mol. The van der Waals surface area contributed by atoms with Crippen LogP contribution < -0.4 is 0 Å². The van der Waals surface area contributed by atoms with Crippen molar-refractivity contribution in [2.24, 2.45) is 11.8 Å². The number of benzene rings is 2. The number of carbonyl (C=O) groups is 7. The van der Waals surface area contributed by atoms with E-state index in [2.05, 4.69) is 0 Å². The summed E-state index contributed by atoms with van der Waals surface area (Å²) in [5.41, 5.74) is 0.399. The molecule has 0 aromatic heterocycles. The average Bonchev–Trinajstić information content (AvgIpc) is 3.27. The summed E-state index contributed by atoms with van der Waals surface area (Å²) >= 11 is 0. The van der Waals surface area contributed by atoms with Crippen LogP contribution in [0, 0.1) is 11.8 Å². The molecule has 15 nitrogen and oxygen atoms in total. The smallest absolute Gasteiger partial charge is 0.347 e. The van der Waals surface area contributed by atoms with Crippen LogP contribution in [-0.2, 0) is 70.3 Å². The summed E-state index contributed by atoms with van der Waals surface area (Å²) < 4.78 is 43.5. The van der Waals surface area contributed by atoms with Gasteiger partial charge in [-0.3, -0.25) is 14.4 Å². The number of likely N-dealkylation sites (N-methyl/N-ethyl adjacent to an activating group) is 3. The third kappa shape index (κ3) is 17.2. The number of esters is 4. The van der Waals surface area contributed by atoms with Gasteiger partial charge in [-0.25, -0.2) is 23.6 Å². The zero-order chi connectivity index (χ0) is 48.6. The third-order valence-corrected chi connectivity index (χ3v) is 11.3. The molecule has 0 spiro atoms. The van der Waals surface area contributed by atoms with E-state index in [9.17, 15) is 33.6 Å². The second-order valence-corrected chi connectivity index (χ2v) is 18.4. The molecule has 0 saturated carbocycles. The van der Waals surface area contributed by atoms with Gasteiger partial charge in [-0.1, -0.05) is 82.3 Å². The van der Waals surface area contributed by atoms with Crippen LogP contribution in [0.3, 0.4) is 0 Å². The Hall–Kier alpha value is -5.38. The summed E-state index contributed by atoms with van der Waals surface area (Å²) in [5, 5.41) is 0. The van der Waals surface area contributed by atoms with Crippen LogP contribution in [0.15, 0.2) is 54.6 Å². The summed E-state index contributed by atoms with van der Waals surface area (Å²) in [7, 11) is 4.03. The second kappa shape index (κ2) is 25.4. The molecule has 1 fully saturated rings. The van der Waals surface area contributed by atoms with E-state index in [0.717, 1.165) is 38.7 Å². The van der Waals surface area contributed by atoms with Gasteiger partial charge in [0, 0.05) is 47.2 Å². The number of halogens is 1. The molecule has 65 heavy (non-hydrogen) atoms. The predicted octanol–water partition coefficient (Wildman–Crippen LogP) is 5.98. The van der Waals surface area contributed by atoms with E-state index in [4.69, 9.17) is 23.7 Å². The van der Waals surface area contributed by atoms with E-state index in [0.29, 0.717) is 25.2 Å². The fourth-order valence-electron chi connectivity index (χ4n) is 7.49. The van der Waals surface area contributed by atoms with Crippen LogP contribution in [0.25, 0.3) is 0 Å². The van der Waals surface area contributed by atoms with Crippen LogP contribution in [0.2, 0.25) is 0 Å². The van der Waals surface area contributed by atoms with Crippen molar-refractivity contribution in [1.29, 1.82) is 0 Å². The number of alkyl halides is 1. The second-order valence-electron chi connectivity index (χ2n) is 18.4. The molecule has 1 saturated heterocycles. The number of nitrogens with zero attached hydrogens (tertiary/aromatic N) is 3. The largest absolute Gasteiger partial charge is 0.458 e. The molecule has 16 heteroatoms. The first-order valence-electron chi connectivity index (χ1n) is 22.4. The number of amides is 3. The maximum absolute atomic E-state index is 15.5. The van der Waals surface area contributed by atoms with Gasteiger partial charge in [0.05, 0.1) is 0 Å². The molecular weight excluding hydrogens is 842 g/mol. The Morgan fingerprint density at radius 3 is 1.77 bits per heavy atom. The van der Waals surface area contributed by atoms with Crippen molar-refractivity contribution in [3.8, 4) is 0 Å². The van der Waals surface area contributed by atoms with Crippen molar-refractivity contribution < 1.29 is 61.6 Å². The Bertz CT molecular complexity index is 1880. The quantitative estimate of drug-likeness (QED) is 0.0686. The summed E-state index contributed by atoms with van der Waals surface area (Å²) in [6, 6.07) is 12.7. The molecule has 1 aliphatic rings. The number of ether oxygens (including phenoxy) is 5. The molecule has 2 aromatic carbocycles. The molecule has 0 radical (unpaired) electrons. The Balaban J connectivity index is 1.94. The third-order valence-electron chi connectivity index (χ3n) is 11.3. The zero-order valence-electron chi connectivity index (χ0n) is 40.0. The number of hydrogen-bond acceptors (Lipinski definition) is 12. The molecule has 3 amide bonds. The first-order chi connectivity index (χ1) is 30.5. The highest BCUT2D eigenvalue weighted by molar-refractivity contribution is 5.92. The van der Waals surface area contributed by atoms with Gasteiger partial charge in [0.15, 0.2) is 18.3 Å². The van der Waals surface area contributed by atoms with Crippen molar-refractivity contribution >= 4 is 42.1 Å². The maximum Gasteiger partial charge on any atom is 0.347 e. The molecule has 0 bridgehead atoms. The molecule has 6 atom stereocenters. The van der Waals surface area contributed by atoms with Gasteiger partial charge in [0.25, 0.3) is 11.8 Å². The minimum absolute atomic E-state index is 0.00183. The van der Waals surface area contributed by atoms with Crippen LogP contribution in [0.4, 0.5) is 4.39 Å². The van der Waals surface area contributed by atoms with Crippen molar-refractivity contribution in [2.45, 2.75) is 149 Å². The van der Waals surface area contributed by atoms with Gasteiger partial charge in [-0.2, -0.15) is 0 Å². The van der Waals surface area contributed by atoms with Crippen molar-refractivity contribution in [3.63, 3.8) is 0 Å². The summed E-state index contributed by atoms with van der Waals surface area (Å²) in [4.78, 5) is 97.6. The lowest BCUT2D eigenvalue weighted by molar-refractivity contribution is -0.175. The standard InChI is InChI=1S/C49H70FN3O12/c1-31(2)25-39(51(9)30-54)46(58)63-33(5)43(55)53(11)41(28-49(7,8)50)48(60)65-42(27-35-17-19-37(20-18-35)38-21-23-61-24-22-38)44(56)52(10)40(26-32(3)4)47(59)64-34(6)45(57)62-29-36-15-13-12-14-16-36/h12-20,30-34,38-42H,21-29H2,1-11H3/t33-,34-,39+,40+,41+,42-/m1/s1. The highest BCUT2D eigenvalue weighted by Gasteiger charge is 2.41. The highest BCUT2D eigenvalue weighted by atomic mass is 19.1. The van der Waals surface area contributed by atoms with Gasteiger partial charge in [-0.05, 0) is 87.8 Å². The molecule has 1 aliphatic heterocycles. The van der Waals surface area contributed by atoms with Crippen LogP contribution in [0.1, 0.15) is 110 Å². The van der Waals surface area contributed by atoms with E-state index >= 15 is 4.39 Å². The molecule has 3 rings (SSSR count). The Labute approximate surface area is 383 Å². The van der Waals surface area contributed by atoms with Crippen molar-refractivity contribution in [1.82, 2.24) is 14.7 Å². The van der Waals surface area contributed by atoms with Crippen molar-refractivity contribution in [2.75, 3.05) is 34.4 Å². The Morgan fingerprint density at radius 1 is 0.692 bits per heavy atom. The fraction of sp³-hybridized carbons (Fsp3) is 0.612. The van der Waals surface area contributed by atoms with Crippen LogP contribution in [0.5, 0.6) is 0 Å². The Kier molecular flexibility index (Phi) is 21.0. The summed E-state index contributed by atoms with van der Waals surface area (Å²) in [6.45, 7) is 13.8. The lowest BCUT2D eigenvalue weighted by atomic mass is 9.90. The minimum atomic E-state index is -2.03. The van der Waals surface area contributed by atoms with Gasteiger partial charge >= 0.3 is 23.9 Å². The van der Waals surface area contributed by atoms with E-state index in [1.165, 1.54) is 48.8 Å². The van der Waals surface area contributed by atoms with Crippen LogP contribution in [-0.4, -0.2) is 133 Å². The van der Waals surface area contributed by atoms with E-state index in [1.54, 1.807) is 24.3 Å². The summed E-state index contributed by atoms with van der Waals surface area (Å²) in [5.74, 6) is -5.14. The zero-order valence-corrected chi connectivity index (χ0v) is 40.0. The topological polar surface area (TPSA) is 175 Å².